The summed E-state index contributed by atoms with van der Waals surface area (Å²) in [6, 6.07) is 7.83. The second-order valence-corrected chi connectivity index (χ2v) is 11.2. The van der Waals surface area contributed by atoms with Crippen LogP contribution in [-0.4, -0.2) is 50.1 Å². The Morgan fingerprint density at radius 1 is 1.11 bits per heavy atom. The summed E-state index contributed by atoms with van der Waals surface area (Å²) in [5.41, 5.74) is 1.31. The minimum Gasteiger partial charge on any atom is -0.484 e. The van der Waals surface area contributed by atoms with Gasteiger partial charge in [0.25, 0.3) is 5.91 Å². The number of rotatable bonds is 7. The highest BCUT2D eigenvalue weighted by Crippen LogP contribution is 2.33. The lowest BCUT2D eigenvalue weighted by Gasteiger charge is -2.31. The van der Waals surface area contributed by atoms with Crippen molar-refractivity contribution in [2.24, 2.45) is 5.92 Å². The quantitative estimate of drug-likeness (QED) is 0.753. The van der Waals surface area contributed by atoms with E-state index in [2.05, 4.69) is 26.1 Å². The van der Waals surface area contributed by atoms with Gasteiger partial charge < -0.3 is 10.1 Å². The van der Waals surface area contributed by atoms with Gasteiger partial charge in [-0.2, -0.15) is 0 Å². The molecule has 0 atom stereocenters. The Kier molecular flexibility index (Phi) is 6.34. The molecule has 1 aliphatic heterocycles. The number of hydrogen-bond donors (Lipinski definition) is 1. The highest BCUT2D eigenvalue weighted by atomic mass is 32.2. The average Bonchev–Trinajstić information content (AvgIpc) is 3.50. The third kappa shape index (κ3) is 5.47. The first kappa shape index (κ1) is 21.1. The molecule has 1 aromatic carbocycles. The van der Waals surface area contributed by atoms with Crippen LogP contribution in [-0.2, 0) is 20.2 Å². The van der Waals surface area contributed by atoms with Crippen LogP contribution < -0.4 is 10.1 Å². The minimum absolute atomic E-state index is 0.0102. The number of carbonyl (C=O) groups is 1. The zero-order valence-electron chi connectivity index (χ0n) is 17.1. The SMILES string of the molecule is CC(C)(C)c1ccc(OCC(=O)NCC2CCN(S(=O)(=O)C3CC3)CC2)cc1. The van der Waals surface area contributed by atoms with Gasteiger partial charge in [-0.1, -0.05) is 32.9 Å². The summed E-state index contributed by atoms with van der Waals surface area (Å²) in [5, 5.41) is 2.77. The monoisotopic (exact) mass is 408 g/mol. The number of nitrogens with zero attached hydrogens (tertiary/aromatic N) is 1. The van der Waals surface area contributed by atoms with Gasteiger partial charge in [0.2, 0.25) is 10.0 Å². The fourth-order valence-corrected chi connectivity index (χ4v) is 5.33. The zero-order chi connectivity index (χ0) is 20.4. The van der Waals surface area contributed by atoms with Crippen molar-refractivity contribution in [1.29, 1.82) is 0 Å². The van der Waals surface area contributed by atoms with Crippen molar-refractivity contribution >= 4 is 15.9 Å². The van der Waals surface area contributed by atoms with Crippen LogP contribution in [0.2, 0.25) is 0 Å². The summed E-state index contributed by atoms with van der Waals surface area (Å²) in [5.74, 6) is 0.857. The van der Waals surface area contributed by atoms with Crippen LogP contribution in [0.25, 0.3) is 0 Å². The second-order valence-electron chi connectivity index (χ2n) is 8.95. The van der Waals surface area contributed by atoms with Crippen molar-refractivity contribution in [1.82, 2.24) is 9.62 Å². The number of sulfonamides is 1. The molecule has 0 spiro atoms. The summed E-state index contributed by atoms with van der Waals surface area (Å²) in [4.78, 5) is 12.1. The van der Waals surface area contributed by atoms with Crippen LogP contribution >= 0.6 is 0 Å². The second kappa shape index (κ2) is 8.41. The van der Waals surface area contributed by atoms with Gasteiger partial charge in [-0.25, -0.2) is 12.7 Å². The molecule has 28 heavy (non-hydrogen) atoms. The molecule has 1 N–H and O–H groups in total. The molecule has 1 saturated carbocycles. The van der Waals surface area contributed by atoms with Crippen molar-refractivity contribution < 1.29 is 17.9 Å². The smallest absolute Gasteiger partial charge is 0.257 e. The molecule has 0 radical (unpaired) electrons. The lowest BCUT2D eigenvalue weighted by Crippen LogP contribution is -2.43. The van der Waals surface area contributed by atoms with Gasteiger partial charge in [-0.05, 0) is 54.7 Å². The molecule has 0 unspecified atom stereocenters. The van der Waals surface area contributed by atoms with E-state index in [4.69, 9.17) is 4.74 Å². The van der Waals surface area contributed by atoms with Gasteiger partial charge in [0.15, 0.2) is 6.61 Å². The largest absolute Gasteiger partial charge is 0.484 e. The molecule has 2 fully saturated rings. The lowest BCUT2D eigenvalue weighted by molar-refractivity contribution is -0.123. The highest BCUT2D eigenvalue weighted by molar-refractivity contribution is 7.90. The number of carbonyl (C=O) groups excluding carboxylic acids is 1. The van der Waals surface area contributed by atoms with Crippen molar-refractivity contribution in [2.75, 3.05) is 26.2 Å². The predicted octanol–water partition coefficient (Wildman–Crippen LogP) is 2.68. The van der Waals surface area contributed by atoms with Crippen molar-refractivity contribution in [3.63, 3.8) is 0 Å². The van der Waals surface area contributed by atoms with E-state index in [9.17, 15) is 13.2 Å². The Morgan fingerprint density at radius 2 is 1.71 bits per heavy atom. The van der Waals surface area contributed by atoms with E-state index in [0.29, 0.717) is 31.3 Å². The maximum Gasteiger partial charge on any atom is 0.257 e. The molecule has 3 rings (SSSR count). The van der Waals surface area contributed by atoms with Crippen molar-refractivity contribution in [2.45, 2.75) is 57.1 Å². The summed E-state index contributed by atoms with van der Waals surface area (Å²) in [6.07, 6.45) is 3.19. The number of amides is 1. The summed E-state index contributed by atoms with van der Waals surface area (Å²) >= 11 is 0. The number of ether oxygens (including phenoxy) is 1. The van der Waals surface area contributed by atoms with Crippen LogP contribution in [0.1, 0.15) is 52.0 Å². The normalized spacial score (nSPS) is 19.4. The molecule has 1 aromatic rings. The number of nitrogens with one attached hydrogen (secondary N) is 1. The maximum absolute atomic E-state index is 12.3. The zero-order valence-corrected chi connectivity index (χ0v) is 17.9. The number of benzene rings is 1. The topological polar surface area (TPSA) is 75.7 Å². The van der Waals surface area contributed by atoms with Gasteiger partial charge in [0.1, 0.15) is 5.75 Å². The first-order chi connectivity index (χ1) is 13.2. The van der Waals surface area contributed by atoms with E-state index in [1.807, 2.05) is 24.3 Å². The van der Waals surface area contributed by atoms with Gasteiger partial charge >= 0.3 is 0 Å². The lowest BCUT2D eigenvalue weighted by atomic mass is 9.87. The molecule has 1 amide bonds. The molecule has 2 aliphatic rings. The maximum atomic E-state index is 12.3. The molecule has 6 nitrogen and oxygen atoms in total. The predicted molar refractivity (Wildman–Crippen MR) is 110 cm³/mol. The number of hydrogen-bond acceptors (Lipinski definition) is 4. The summed E-state index contributed by atoms with van der Waals surface area (Å²) < 4.78 is 31.7. The van der Waals surface area contributed by atoms with Crippen LogP contribution in [0.5, 0.6) is 5.75 Å². The van der Waals surface area contributed by atoms with Crippen LogP contribution in [0.3, 0.4) is 0 Å². The van der Waals surface area contributed by atoms with Gasteiger partial charge in [-0.15, -0.1) is 0 Å². The Labute approximate surface area is 168 Å². The van der Waals surface area contributed by atoms with Crippen molar-refractivity contribution in [3.05, 3.63) is 29.8 Å². The Hall–Kier alpha value is -1.60. The molecule has 1 saturated heterocycles. The standard InChI is InChI=1S/C21H32N2O4S/c1-21(2,3)17-4-6-18(7-5-17)27-15-20(24)22-14-16-10-12-23(13-11-16)28(25,26)19-8-9-19/h4-7,16,19H,8-15H2,1-3H3,(H,22,24). The molecule has 7 heteroatoms. The Balaban J connectivity index is 1.36. The van der Waals surface area contributed by atoms with E-state index >= 15 is 0 Å². The van der Waals surface area contributed by atoms with E-state index in [1.165, 1.54) is 5.56 Å². The molecule has 1 aliphatic carbocycles. The van der Waals surface area contributed by atoms with Crippen LogP contribution in [0.4, 0.5) is 0 Å². The van der Waals surface area contributed by atoms with Crippen LogP contribution in [0.15, 0.2) is 24.3 Å². The molecule has 1 heterocycles. The van der Waals surface area contributed by atoms with Crippen LogP contribution in [0, 0.1) is 5.92 Å². The van der Waals surface area contributed by atoms with E-state index < -0.39 is 10.0 Å². The van der Waals surface area contributed by atoms with Gasteiger partial charge in [0.05, 0.1) is 5.25 Å². The summed E-state index contributed by atoms with van der Waals surface area (Å²) in [6.45, 7) is 8.16. The van der Waals surface area contributed by atoms with Gasteiger partial charge in [0, 0.05) is 19.6 Å². The molecule has 156 valence electrons. The first-order valence-electron chi connectivity index (χ1n) is 10.2. The highest BCUT2D eigenvalue weighted by Gasteiger charge is 2.41. The van der Waals surface area contributed by atoms with E-state index in [1.54, 1.807) is 4.31 Å². The minimum atomic E-state index is -3.07. The fraction of sp³-hybridized carbons (Fsp3) is 0.667. The van der Waals surface area contributed by atoms with Gasteiger partial charge in [-0.3, -0.25) is 4.79 Å². The summed E-state index contributed by atoms with van der Waals surface area (Å²) in [7, 11) is -3.07. The molecular formula is C21H32N2O4S. The van der Waals surface area contributed by atoms with E-state index in [0.717, 1.165) is 25.7 Å². The Bertz CT molecular complexity index is 772. The average molecular weight is 409 g/mol. The molecule has 0 bridgehead atoms. The molecular weight excluding hydrogens is 376 g/mol. The Morgan fingerprint density at radius 3 is 2.25 bits per heavy atom. The fourth-order valence-electron chi connectivity index (χ4n) is 3.45. The van der Waals surface area contributed by atoms with E-state index in [-0.39, 0.29) is 23.2 Å². The van der Waals surface area contributed by atoms with Crippen molar-refractivity contribution in [3.8, 4) is 5.75 Å². The third-order valence-electron chi connectivity index (χ3n) is 5.56. The third-order valence-corrected chi connectivity index (χ3v) is 7.96. The first-order valence-corrected chi connectivity index (χ1v) is 11.7. The number of piperidine rings is 1. The molecule has 0 aromatic heterocycles.